The first-order chi connectivity index (χ1) is 6.89. The van der Waals surface area contributed by atoms with E-state index in [1.165, 1.54) is 0 Å². The van der Waals surface area contributed by atoms with Gasteiger partial charge in [-0.3, -0.25) is 0 Å². The van der Waals surface area contributed by atoms with Gasteiger partial charge in [-0.2, -0.15) is 12.6 Å². The van der Waals surface area contributed by atoms with Gasteiger partial charge in [0.05, 0.1) is 0 Å². The van der Waals surface area contributed by atoms with Crippen molar-refractivity contribution >= 4 is 21.2 Å². The maximum atomic E-state index is 5.99. The van der Waals surface area contributed by atoms with Gasteiger partial charge in [0.2, 0.25) is 0 Å². The van der Waals surface area contributed by atoms with E-state index in [1.807, 2.05) is 0 Å². The predicted octanol–water partition coefficient (Wildman–Crippen LogP) is 3.62. The fourth-order valence-electron chi connectivity index (χ4n) is 1.70. The Morgan fingerprint density at radius 2 is 1.47 bits per heavy atom. The van der Waals surface area contributed by atoms with E-state index in [0.717, 1.165) is 24.6 Å². The lowest BCUT2D eigenvalue weighted by Gasteiger charge is -2.31. The van der Waals surface area contributed by atoms with Crippen LogP contribution in [0.2, 0.25) is 12.6 Å². The molecule has 0 saturated carbocycles. The highest BCUT2D eigenvalue weighted by Crippen LogP contribution is 2.21. The summed E-state index contributed by atoms with van der Waals surface area (Å²) in [6, 6.07) is 1.07. The van der Waals surface area contributed by atoms with E-state index in [9.17, 15) is 0 Å². The van der Waals surface area contributed by atoms with Gasteiger partial charge in [-0.1, -0.05) is 6.42 Å². The summed E-state index contributed by atoms with van der Waals surface area (Å²) in [6.07, 6.45) is 2.83. The van der Waals surface area contributed by atoms with E-state index in [4.69, 9.17) is 8.85 Å². The second-order valence-corrected chi connectivity index (χ2v) is 8.33. The molecule has 0 aliphatic rings. The molecule has 4 heteroatoms. The molecule has 0 bridgehead atoms. The minimum Gasteiger partial charge on any atom is -0.392 e. The molecule has 0 aromatic rings. The molecule has 0 rings (SSSR count). The smallest absolute Gasteiger partial charge is 0.335 e. The minimum atomic E-state index is -1.95. The lowest BCUT2D eigenvalue weighted by molar-refractivity contribution is 0.109. The highest BCUT2D eigenvalue weighted by Gasteiger charge is 2.33. The number of hydrogen-bond acceptors (Lipinski definition) is 3. The van der Waals surface area contributed by atoms with Crippen molar-refractivity contribution in [3.63, 3.8) is 0 Å². The first-order valence-corrected chi connectivity index (χ1v) is 9.01. The Balaban J connectivity index is 4.14. The Morgan fingerprint density at radius 3 is 1.80 bits per heavy atom. The predicted molar refractivity (Wildman–Crippen MR) is 72.0 cm³/mol. The van der Waals surface area contributed by atoms with Crippen molar-refractivity contribution in [1.82, 2.24) is 0 Å². The Hall–Kier alpha value is 0.487. The molecule has 0 aromatic heterocycles. The average Bonchev–Trinajstić information content (AvgIpc) is 2.00. The standard InChI is InChI=1S/C11H26O2SSi/c1-10(2)12-15(5,13-11(3)4)9-7-6-8-14/h10-11,14H,6-9H2,1-5H3. The topological polar surface area (TPSA) is 18.5 Å². The van der Waals surface area contributed by atoms with Crippen molar-refractivity contribution in [1.29, 1.82) is 0 Å². The average molecular weight is 250 g/mol. The van der Waals surface area contributed by atoms with E-state index in [2.05, 4.69) is 46.9 Å². The van der Waals surface area contributed by atoms with Crippen LogP contribution >= 0.6 is 12.6 Å². The zero-order chi connectivity index (χ0) is 11.9. The van der Waals surface area contributed by atoms with Crippen LogP contribution < -0.4 is 0 Å². The largest absolute Gasteiger partial charge is 0.392 e. The summed E-state index contributed by atoms with van der Waals surface area (Å²) < 4.78 is 12.0. The third-order valence-corrected chi connectivity index (χ3v) is 5.53. The fourth-order valence-corrected chi connectivity index (χ4v) is 5.10. The van der Waals surface area contributed by atoms with Crippen LogP contribution in [-0.4, -0.2) is 26.5 Å². The lowest BCUT2D eigenvalue weighted by Crippen LogP contribution is -2.42. The molecule has 0 saturated heterocycles. The van der Waals surface area contributed by atoms with E-state index >= 15 is 0 Å². The van der Waals surface area contributed by atoms with Crippen LogP contribution in [0.5, 0.6) is 0 Å². The molecule has 0 amide bonds. The quantitative estimate of drug-likeness (QED) is 0.403. The molecule has 0 fully saturated rings. The second kappa shape index (κ2) is 7.71. The molecule has 0 spiro atoms. The zero-order valence-electron chi connectivity index (χ0n) is 10.7. The van der Waals surface area contributed by atoms with Crippen LogP contribution in [0.25, 0.3) is 0 Å². The van der Waals surface area contributed by atoms with E-state index < -0.39 is 8.56 Å². The first-order valence-electron chi connectivity index (χ1n) is 5.86. The van der Waals surface area contributed by atoms with Crippen molar-refractivity contribution in [3.8, 4) is 0 Å². The van der Waals surface area contributed by atoms with Gasteiger partial charge < -0.3 is 8.85 Å². The number of thiol groups is 1. The lowest BCUT2D eigenvalue weighted by atomic mass is 10.4. The monoisotopic (exact) mass is 250 g/mol. The summed E-state index contributed by atoms with van der Waals surface area (Å²) in [6.45, 7) is 10.5. The summed E-state index contributed by atoms with van der Waals surface area (Å²) in [4.78, 5) is 0. The summed E-state index contributed by atoms with van der Waals surface area (Å²) in [5.41, 5.74) is 0. The van der Waals surface area contributed by atoms with Crippen LogP contribution in [0.4, 0.5) is 0 Å². The van der Waals surface area contributed by atoms with Gasteiger partial charge in [0, 0.05) is 12.2 Å². The maximum Gasteiger partial charge on any atom is 0.335 e. The normalized spacial score (nSPS) is 12.8. The third kappa shape index (κ3) is 8.31. The SMILES string of the molecule is CC(C)O[Si](C)(CCCCS)OC(C)C. The highest BCUT2D eigenvalue weighted by atomic mass is 32.1. The zero-order valence-corrected chi connectivity index (χ0v) is 12.6. The Morgan fingerprint density at radius 1 is 1.00 bits per heavy atom. The number of hydrogen-bond donors (Lipinski definition) is 1. The second-order valence-electron chi connectivity index (χ2n) is 4.65. The molecule has 0 heterocycles. The van der Waals surface area contributed by atoms with E-state index in [-0.39, 0.29) is 12.2 Å². The minimum absolute atomic E-state index is 0.261. The van der Waals surface area contributed by atoms with Crippen LogP contribution in [-0.2, 0) is 8.85 Å². The Kier molecular flexibility index (Phi) is 7.96. The van der Waals surface area contributed by atoms with Gasteiger partial charge in [0.25, 0.3) is 0 Å². The van der Waals surface area contributed by atoms with Crippen LogP contribution in [0.1, 0.15) is 40.5 Å². The van der Waals surface area contributed by atoms with Gasteiger partial charge in [0.15, 0.2) is 0 Å². The first kappa shape index (κ1) is 15.5. The van der Waals surface area contributed by atoms with E-state index in [1.54, 1.807) is 0 Å². The number of rotatable bonds is 8. The molecule has 15 heavy (non-hydrogen) atoms. The van der Waals surface area contributed by atoms with Crippen molar-refractivity contribution in [2.45, 2.75) is 65.3 Å². The molecular formula is C11H26O2SSi. The molecule has 0 unspecified atom stereocenters. The van der Waals surface area contributed by atoms with Gasteiger partial charge in [-0.15, -0.1) is 0 Å². The van der Waals surface area contributed by atoms with Gasteiger partial charge in [0.1, 0.15) is 0 Å². The van der Waals surface area contributed by atoms with Crippen LogP contribution in [0.15, 0.2) is 0 Å². The van der Waals surface area contributed by atoms with Gasteiger partial charge in [-0.25, -0.2) is 0 Å². The molecule has 92 valence electrons. The molecule has 0 aliphatic carbocycles. The number of unbranched alkanes of at least 4 members (excludes halogenated alkanes) is 1. The third-order valence-electron chi connectivity index (χ3n) is 2.01. The highest BCUT2D eigenvalue weighted by molar-refractivity contribution is 7.80. The van der Waals surface area contributed by atoms with Crippen molar-refractivity contribution in [3.05, 3.63) is 0 Å². The van der Waals surface area contributed by atoms with Gasteiger partial charge in [-0.05, 0) is 52.5 Å². The van der Waals surface area contributed by atoms with Crippen LogP contribution in [0.3, 0.4) is 0 Å². The van der Waals surface area contributed by atoms with Crippen LogP contribution in [0, 0.1) is 0 Å². The Bertz CT molecular complexity index is 153. The summed E-state index contributed by atoms with van der Waals surface area (Å²) in [5, 5.41) is 0. The maximum absolute atomic E-state index is 5.99. The van der Waals surface area contributed by atoms with Crippen molar-refractivity contribution in [2.24, 2.45) is 0 Å². The molecule has 0 aromatic carbocycles. The van der Waals surface area contributed by atoms with E-state index in [0.29, 0.717) is 0 Å². The van der Waals surface area contributed by atoms with Crippen molar-refractivity contribution in [2.75, 3.05) is 5.75 Å². The molecule has 0 aliphatic heterocycles. The molecular weight excluding hydrogens is 224 g/mol. The van der Waals surface area contributed by atoms with Gasteiger partial charge >= 0.3 is 8.56 Å². The molecule has 0 atom stereocenters. The molecule has 0 N–H and O–H groups in total. The Labute approximate surface area is 101 Å². The fraction of sp³-hybridized carbons (Fsp3) is 1.00. The summed E-state index contributed by atoms with van der Waals surface area (Å²) in [7, 11) is -1.95. The van der Waals surface area contributed by atoms with Crippen molar-refractivity contribution < 1.29 is 8.85 Å². The summed E-state index contributed by atoms with van der Waals surface area (Å²) in [5.74, 6) is 0.952. The summed E-state index contributed by atoms with van der Waals surface area (Å²) >= 11 is 4.22. The molecule has 2 nitrogen and oxygen atoms in total. The molecule has 0 radical (unpaired) electrons.